The van der Waals surface area contributed by atoms with E-state index in [2.05, 4.69) is 16.5 Å². The van der Waals surface area contributed by atoms with Crippen molar-refractivity contribution in [3.8, 4) is 0 Å². The summed E-state index contributed by atoms with van der Waals surface area (Å²) in [4.78, 5) is 21.5. The van der Waals surface area contributed by atoms with Crippen molar-refractivity contribution in [2.24, 2.45) is 0 Å². The summed E-state index contributed by atoms with van der Waals surface area (Å²) < 4.78 is 41.0. The largest absolute Gasteiger partial charge is 0.458 e. The molecule has 2 atom stereocenters. The third kappa shape index (κ3) is 5.00. The lowest BCUT2D eigenvalue weighted by atomic mass is 9.91. The topological polar surface area (TPSA) is 113 Å². The number of pyridine rings is 1. The highest BCUT2D eigenvalue weighted by Crippen LogP contribution is 2.46. The number of nitrogens with zero attached hydrogens (tertiary/aromatic N) is 4. The van der Waals surface area contributed by atoms with Gasteiger partial charge in [0.05, 0.1) is 23.6 Å². The van der Waals surface area contributed by atoms with Gasteiger partial charge in [0.1, 0.15) is 12.8 Å². The summed E-state index contributed by atoms with van der Waals surface area (Å²) in [6.45, 7) is 4.59. The quantitative estimate of drug-likeness (QED) is 0.338. The average Bonchev–Trinajstić information content (AvgIpc) is 3.31. The molecule has 41 heavy (non-hydrogen) atoms. The van der Waals surface area contributed by atoms with Gasteiger partial charge in [0.2, 0.25) is 15.7 Å². The lowest BCUT2D eigenvalue weighted by Crippen LogP contribution is -2.68. The first-order valence-electron chi connectivity index (χ1n) is 13.4. The smallest absolute Gasteiger partial charge is 0.355 e. The fraction of sp³-hybridized carbons (Fsp3) is 0.379. The highest BCUT2D eigenvalue weighted by atomic mass is 35.5. The molecule has 1 N–H and O–H groups in total. The molecule has 1 aromatic heterocycles. The Hall–Kier alpha value is -3.06. The van der Waals surface area contributed by atoms with E-state index < -0.39 is 33.5 Å². The number of ether oxygens (including phenoxy) is 2. The van der Waals surface area contributed by atoms with Gasteiger partial charge in [-0.05, 0) is 60.0 Å². The third-order valence-electron chi connectivity index (χ3n) is 8.19. The molecule has 1 spiro atoms. The fourth-order valence-electron chi connectivity index (χ4n) is 6.09. The molecule has 12 heteroatoms. The van der Waals surface area contributed by atoms with Crippen LogP contribution in [0.25, 0.3) is 10.8 Å². The van der Waals surface area contributed by atoms with E-state index in [0.717, 1.165) is 15.4 Å². The number of fused-ring (bicyclic) bond motifs is 2. The zero-order valence-corrected chi connectivity index (χ0v) is 23.9. The normalized spacial score (nSPS) is 24.8. The van der Waals surface area contributed by atoms with Gasteiger partial charge in [-0.1, -0.05) is 36.4 Å². The van der Waals surface area contributed by atoms with E-state index in [1.807, 2.05) is 12.1 Å². The van der Waals surface area contributed by atoms with E-state index in [-0.39, 0.29) is 31.1 Å². The number of aliphatic hydroxyl groups is 1. The predicted molar refractivity (Wildman–Crippen MR) is 154 cm³/mol. The Kier molecular flexibility index (Phi) is 7.29. The maximum absolute atomic E-state index is 13.9. The van der Waals surface area contributed by atoms with Gasteiger partial charge in [0.15, 0.2) is 0 Å². The number of aliphatic hydroxyl groups excluding tert-OH is 1. The number of sulfonamides is 1. The van der Waals surface area contributed by atoms with Crippen molar-refractivity contribution in [2.45, 2.75) is 35.3 Å². The number of piperidine rings is 1. The first kappa shape index (κ1) is 28.1. The molecule has 3 fully saturated rings. The number of piperazine rings is 1. The number of aromatic nitrogens is 1. The number of anilines is 1. The highest BCUT2D eigenvalue weighted by molar-refractivity contribution is 7.89. The molecule has 0 amide bonds. The number of benzene rings is 2. The molecule has 3 aliphatic rings. The standard InChI is InChI=1S/C29H31ClN4O6S/c1-2-15-39-27(36)29-20-33(41(37,38)25-6-4-21-16-23(30)5-3-22(21)17-25)18-26(35)34(29)19-28(40-29)9-13-32(14-10-28)24-7-11-31-12-8-24/h2-8,11-12,16-17,26,35H,1,9-10,13-15,18-20H2. The Morgan fingerprint density at radius 2 is 1.83 bits per heavy atom. The zero-order valence-electron chi connectivity index (χ0n) is 22.4. The van der Waals surface area contributed by atoms with Crippen molar-refractivity contribution in [1.82, 2.24) is 14.2 Å². The lowest BCUT2D eigenvalue weighted by molar-refractivity contribution is -0.224. The third-order valence-corrected chi connectivity index (χ3v) is 10.2. The number of hydrogen-bond donors (Lipinski definition) is 1. The second-order valence-corrected chi connectivity index (χ2v) is 13.1. The van der Waals surface area contributed by atoms with Crippen molar-refractivity contribution in [3.63, 3.8) is 0 Å². The first-order valence-corrected chi connectivity index (χ1v) is 15.3. The Morgan fingerprint density at radius 1 is 1.12 bits per heavy atom. The Bertz CT molecular complexity index is 1580. The molecule has 10 nitrogen and oxygen atoms in total. The molecule has 0 radical (unpaired) electrons. The minimum atomic E-state index is -4.12. The summed E-state index contributed by atoms with van der Waals surface area (Å²) in [6.07, 6.45) is 4.79. The molecular formula is C29H31ClN4O6S. The van der Waals surface area contributed by atoms with Gasteiger partial charge in [-0.15, -0.1) is 0 Å². The molecule has 2 aromatic carbocycles. The lowest BCUT2D eigenvalue weighted by Gasteiger charge is -2.45. The number of hydrogen-bond acceptors (Lipinski definition) is 9. The second-order valence-electron chi connectivity index (χ2n) is 10.7. The molecule has 0 saturated carbocycles. The summed E-state index contributed by atoms with van der Waals surface area (Å²) in [7, 11) is -4.12. The van der Waals surface area contributed by atoms with E-state index in [4.69, 9.17) is 21.1 Å². The number of halogens is 1. The van der Waals surface area contributed by atoms with Crippen LogP contribution >= 0.6 is 11.6 Å². The molecule has 4 heterocycles. The highest BCUT2D eigenvalue weighted by Gasteiger charge is 2.65. The van der Waals surface area contributed by atoms with Crippen molar-refractivity contribution in [1.29, 1.82) is 0 Å². The van der Waals surface area contributed by atoms with E-state index in [1.165, 1.54) is 12.1 Å². The summed E-state index contributed by atoms with van der Waals surface area (Å²) in [5.41, 5.74) is -1.53. The van der Waals surface area contributed by atoms with Gasteiger partial charge < -0.3 is 19.5 Å². The summed E-state index contributed by atoms with van der Waals surface area (Å²) >= 11 is 6.09. The van der Waals surface area contributed by atoms with E-state index in [9.17, 15) is 18.3 Å². The molecule has 216 valence electrons. The van der Waals surface area contributed by atoms with E-state index in [0.29, 0.717) is 36.3 Å². The van der Waals surface area contributed by atoms with Crippen LogP contribution in [0.5, 0.6) is 0 Å². The summed E-state index contributed by atoms with van der Waals surface area (Å²) in [6, 6.07) is 13.8. The summed E-state index contributed by atoms with van der Waals surface area (Å²) in [5.74, 6) is -0.752. The second kappa shape index (κ2) is 10.6. The van der Waals surface area contributed by atoms with Crippen molar-refractivity contribution < 1.29 is 27.8 Å². The minimum absolute atomic E-state index is 0.0425. The van der Waals surface area contributed by atoms with Crippen LogP contribution in [0.15, 0.2) is 78.5 Å². The molecule has 3 aromatic rings. The van der Waals surface area contributed by atoms with Gasteiger partial charge in [-0.25, -0.2) is 18.1 Å². The number of carbonyl (C=O) groups is 1. The minimum Gasteiger partial charge on any atom is -0.458 e. The Balaban J connectivity index is 1.31. The zero-order chi connectivity index (χ0) is 28.8. The number of esters is 1. The molecule has 6 rings (SSSR count). The fourth-order valence-corrected chi connectivity index (χ4v) is 7.76. The van der Waals surface area contributed by atoms with Crippen LogP contribution < -0.4 is 4.90 Å². The number of carbonyl (C=O) groups excluding carboxylic acids is 1. The molecule has 0 bridgehead atoms. The van der Waals surface area contributed by atoms with Crippen LogP contribution in [-0.4, -0.2) is 90.6 Å². The van der Waals surface area contributed by atoms with Crippen LogP contribution in [0, 0.1) is 0 Å². The number of β-amino-alcohol motifs (C(OH)–C–C–N with tert-alkyl or cyclic N) is 1. The van der Waals surface area contributed by atoms with Crippen LogP contribution in [0.4, 0.5) is 5.69 Å². The van der Waals surface area contributed by atoms with E-state index >= 15 is 0 Å². The van der Waals surface area contributed by atoms with Gasteiger partial charge in [-0.2, -0.15) is 4.31 Å². The first-order chi connectivity index (χ1) is 19.7. The number of rotatable bonds is 6. The van der Waals surface area contributed by atoms with Gasteiger partial charge in [0.25, 0.3) is 0 Å². The van der Waals surface area contributed by atoms with Crippen molar-refractivity contribution in [2.75, 3.05) is 44.2 Å². The SMILES string of the molecule is C=CCOC(=O)C12CN(S(=O)(=O)c3ccc4cc(Cl)ccc4c3)CC(O)N1CC1(CCN(c3ccncc3)CC1)O2. The van der Waals surface area contributed by atoms with Crippen LogP contribution in [0.1, 0.15) is 12.8 Å². The van der Waals surface area contributed by atoms with Crippen LogP contribution in [0.3, 0.4) is 0 Å². The van der Waals surface area contributed by atoms with Gasteiger partial charge >= 0.3 is 5.97 Å². The van der Waals surface area contributed by atoms with Crippen molar-refractivity contribution in [3.05, 3.63) is 78.6 Å². The Morgan fingerprint density at radius 3 is 2.56 bits per heavy atom. The van der Waals surface area contributed by atoms with E-state index in [1.54, 1.807) is 47.6 Å². The molecule has 3 aliphatic heterocycles. The van der Waals surface area contributed by atoms with Gasteiger partial charge in [0, 0.05) is 42.7 Å². The molecule has 0 aliphatic carbocycles. The predicted octanol–water partition coefficient (Wildman–Crippen LogP) is 3.01. The average molecular weight is 599 g/mol. The van der Waals surface area contributed by atoms with Crippen molar-refractivity contribution >= 4 is 44.1 Å². The molecular weight excluding hydrogens is 568 g/mol. The molecule has 3 saturated heterocycles. The maximum Gasteiger partial charge on any atom is 0.355 e. The monoisotopic (exact) mass is 598 g/mol. The van der Waals surface area contributed by atoms with Crippen LogP contribution in [0.2, 0.25) is 5.02 Å². The maximum atomic E-state index is 13.9. The van der Waals surface area contributed by atoms with Gasteiger partial charge in [-0.3, -0.25) is 4.98 Å². The molecule has 2 unspecified atom stereocenters. The van der Waals surface area contributed by atoms with Crippen LogP contribution in [-0.2, 0) is 24.3 Å². The Labute approximate surface area is 243 Å². The summed E-state index contributed by atoms with van der Waals surface area (Å²) in [5, 5.41) is 13.4.